The summed E-state index contributed by atoms with van der Waals surface area (Å²) in [6, 6.07) is 3.07. The second-order valence-corrected chi connectivity index (χ2v) is 7.30. The number of hydrogen-bond acceptors (Lipinski definition) is 5. The average molecular weight is 472 g/mol. The molecule has 10 heteroatoms. The summed E-state index contributed by atoms with van der Waals surface area (Å²) in [6.45, 7) is 0. The molecule has 1 aromatic rings. The van der Waals surface area contributed by atoms with Crippen molar-refractivity contribution in [3.05, 3.63) is 58.2 Å². The summed E-state index contributed by atoms with van der Waals surface area (Å²) >= 11 is 14.6. The van der Waals surface area contributed by atoms with E-state index >= 15 is 0 Å². The van der Waals surface area contributed by atoms with Crippen molar-refractivity contribution in [3.63, 3.8) is 0 Å². The molecule has 3 N–H and O–H groups in total. The summed E-state index contributed by atoms with van der Waals surface area (Å²) in [4.78, 5) is 16.1. The van der Waals surface area contributed by atoms with Crippen molar-refractivity contribution in [3.8, 4) is 0 Å². The van der Waals surface area contributed by atoms with Crippen LogP contribution in [0.1, 0.15) is 5.56 Å². The lowest BCUT2D eigenvalue weighted by Gasteiger charge is -2.40. The molecule has 0 saturated heterocycles. The van der Waals surface area contributed by atoms with E-state index in [0.717, 1.165) is 19.4 Å². The van der Waals surface area contributed by atoms with E-state index in [-0.39, 0.29) is 10.6 Å². The van der Waals surface area contributed by atoms with Crippen LogP contribution >= 0.6 is 39.1 Å². The Kier molecular flexibility index (Phi) is 6.48. The highest BCUT2D eigenvalue weighted by atomic mass is 79.9. The Hall–Kier alpha value is -1.03. The number of aliphatic hydroxyl groups is 1. The number of halogens is 5. The zero-order chi connectivity index (χ0) is 19.7. The Morgan fingerprint density at radius 2 is 2.15 bits per heavy atom. The zero-order valence-corrected chi connectivity index (χ0v) is 16.5. The van der Waals surface area contributed by atoms with Gasteiger partial charge in [-0.15, -0.1) is 11.6 Å². The molecule has 26 heavy (non-hydrogen) atoms. The first-order chi connectivity index (χ1) is 12.0. The lowest BCUT2D eigenvalue weighted by molar-refractivity contribution is -0.250. The predicted molar refractivity (Wildman–Crippen MR) is 97.5 cm³/mol. The maximum atomic E-state index is 13.8. The number of carbonyl (C=O) groups excluding carboxylic acids is 1. The second kappa shape index (κ2) is 7.92. The van der Waals surface area contributed by atoms with Gasteiger partial charge in [-0.1, -0.05) is 34.1 Å². The highest BCUT2D eigenvalue weighted by molar-refractivity contribution is 9.10. The maximum absolute atomic E-state index is 13.8. The first-order valence-corrected chi connectivity index (χ1v) is 8.84. The van der Waals surface area contributed by atoms with Gasteiger partial charge in [0, 0.05) is 16.7 Å². The van der Waals surface area contributed by atoms with Gasteiger partial charge in [0.05, 0.1) is 12.6 Å². The molecule has 3 unspecified atom stereocenters. The van der Waals surface area contributed by atoms with E-state index in [1.807, 2.05) is 0 Å². The van der Waals surface area contributed by atoms with Gasteiger partial charge in [0.2, 0.25) is 5.24 Å². The number of nitrogens with zero attached hydrogens (tertiary/aromatic N) is 1. The third-order valence-corrected chi connectivity index (χ3v) is 5.23. The molecular formula is C16H15BrCl2F2N2O3. The number of nitrogens with two attached hydrogens (primary N) is 1. The van der Waals surface area contributed by atoms with Gasteiger partial charge in [-0.3, -0.25) is 9.63 Å². The van der Waals surface area contributed by atoms with Crippen LogP contribution < -0.4 is 5.73 Å². The molecule has 1 aliphatic heterocycles. The fraction of sp³-hybridized carbons (Fsp3) is 0.312. The van der Waals surface area contributed by atoms with Crippen molar-refractivity contribution in [2.75, 3.05) is 7.11 Å². The van der Waals surface area contributed by atoms with Crippen LogP contribution in [0.15, 0.2) is 52.7 Å². The number of hydrogen-bond donors (Lipinski definition) is 2. The fourth-order valence-electron chi connectivity index (χ4n) is 2.55. The number of alkyl halides is 3. The minimum Gasteiger partial charge on any atom is -0.388 e. The van der Waals surface area contributed by atoms with Gasteiger partial charge in [0.1, 0.15) is 11.5 Å². The van der Waals surface area contributed by atoms with Crippen LogP contribution in [0.5, 0.6) is 0 Å². The summed E-state index contributed by atoms with van der Waals surface area (Å²) in [7, 11) is 1.06. The topological polar surface area (TPSA) is 75.8 Å². The second-order valence-electron chi connectivity index (χ2n) is 5.54. The van der Waals surface area contributed by atoms with Crippen LogP contribution in [0, 0.1) is 0 Å². The molecule has 0 fully saturated rings. The van der Waals surface area contributed by atoms with Crippen molar-refractivity contribution in [2.45, 2.75) is 23.1 Å². The number of carbonyl (C=O) groups is 1. The number of rotatable bonds is 6. The third-order valence-electron chi connectivity index (χ3n) is 3.95. The molecule has 1 heterocycles. The monoisotopic (exact) mass is 470 g/mol. The molecule has 142 valence electrons. The molecule has 0 bridgehead atoms. The molecule has 0 aromatic heterocycles. The number of hydroxylamine groups is 2. The lowest BCUT2D eigenvalue weighted by atomic mass is 9.77. The first kappa shape index (κ1) is 21.3. The van der Waals surface area contributed by atoms with Crippen molar-refractivity contribution in [1.82, 2.24) is 5.06 Å². The van der Waals surface area contributed by atoms with E-state index in [0.29, 0.717) is 16.1 Å². The highest BCUT2D eigenvalue weighted by Gasteiger charge is 2.47. The van der Waals surface area contributed by atoms with Crippen molar-refractivity contribution >= 4 is 44.4 Å². The van der Waals surface area contributed by atoms with E-state index in [1.54, 1.807) is 24.3 Å². The zero-order valence-electron chi connectivity index (χ0n) is 13.4. The summed E-state index contributed by atoms with van der Waals surface area (Å²) in [5, 5.41) is 8.37. The van der Waals surface area contributed by atoms with E-state index in [4.69, 9.17) is 28.9 Å². The number of benzene rings is 1. The van der Waals surface area contributed by atoms with E-state index in [2.05, 4.69) is 20.8 Å². The number of aliphatic hydroxyl groups excluding tert-OH is 1. The van der Waals surface area contributed by atoms with Gasteiger partial charge in [0.15, 0.2) is 0 Å². The predicted octanol–water partition coefficient (Wildman–Crippen LogP) is 3.25. The van der Waals surface area contributed by atoms with Crippen molar-refractivity contribution in [1.29, 1.82) is 0 Å². The van der Waals surface area contributed by atoms with Crippen molar-refractivity contribution < 1.29 is 23.5 Å². The van der Waals surface area contributed by atoms with Gasteiger partial charge in [-0.25, -0.2) is 0 Å². The van der Waals surface area contributed by atoms with Gasteiger partial charge >= 0.3 is 6.05 Å². The molecule has 0 radical (unpaired) electrons. The van der Waals surface area contributed by atoms with E-state index in [9.17, 15) is 18.7 Å². The average Bonchev–Trinajstić information content (AvgIpc) is 2.59. The van der Waals surface area contributed by atoms with Crippen LogP contribution in [0.2, 0.25) is 0 Å². The molecule has 0 amide bonds. The molecule has 0 aliphatic carbocycles. The Bertz CT molecular complexity index is 763. The summed E-state index contributed by atoms with van der Waals surface area (Å²) in [5.74, 6) is 0. The van der Waals surface area contributed by atoms with Gasteiger partial charge in [-0.05, 0) is 34.9 Å². The Morgan fingerprint density at radius 1 is 1.50 bits per heavy atom. The molecule has 0 saturated carbocycles. The molecule has 0 spiro atoms. The SMILES string of the molecule is CON1C=C(C(N)(c2cccc(Br)c2)C(O)C(Cl)C(=O)Cl)C=CC1(F)F. The minimum absolute atomic E-state index is 0.0411. The van der Waals surface area contributed by atoms with Gasteiger partial charge in [-0.2, -0.15) is 13.8 Å². The molecular weight excluding hydrogens is 457 g/mol. The Morgan fingerprint density at radius 3 is 2.69 bits per heavy atom. The minimum atomic E-state index is -3.41. The maximum Gasteiger partial charge on any atom is 0.367 e. The fourth-order valence-corrected chi connectivity index (χ4v) is 3.26. The van der Waals surface area contributed by atoms with Gasteiger partial charge < -0.3 is 10.8 Å². The molecule has 1 aromatic carbocycles. The summed E-state index contributed by atoms with van der Waals surface area (Å²) in [5.41, 5.74) is 4.97. The lowest BCUT2D eigenvalue weighted by Crippen LogP contribution is -2.55. The highest BCUT2D eigenvalue weighted by Crippen LogP contribution is 2.39. The van der Waals surface area contributed by atoms with Crippen LogP contribution in [0.3, 0.4) is 0 Å². The van der Waals surface area contributed by atoms with E-state index < -0.39 is 28.3 Å². The molecule has 3 atom stereocenters. The molecule has 1 aliphatic rings. The largest absolute Gasteiger partial charge is 0.388 e. The summed E-state index contributed by atoms with van der Waals surface area (Å²) < 4.78 is 28.3. The Balaban J connectivity index is 2.64. The standard InChI is InChI=1S/C16H15BrCl2F2N2O3/c1-26-23-8-10(5-6-15(23,20)21)16(22,13(24)12(18)14(19)25)9-3-2-4-11(17)7-9/h2-8,12-13,24H,22H2,1H3. The van der Waals surface area contributed by atoms with Crippen LogP contribution in [-0.2, 0) is 15.2 Å². The molecule has 2 rings (SSSR count). The smallest absolute Gasteiger partial charge is 0.367 e. The molecule has 5 nitrogen and oxygen atoms in total. The third kappa shape index (κ3) is 3.95. The normalized spacial score (nSPS) is 20.9. The van der Waals surface area contributed by atoms with E-state index in [1.165, 1.54) is 0 Å². The summed E-state index contributed by atoms with van der Waals surface area (Å²) in [6.07, 6.45) is 0.822. The quantitative estimate of drug-likeness (QED) is 0.378. The van der Waals surface area contributed by atoms with Gasteiger partial charge in [0.25, 0.3) is 0 Å². The van der Waals surface area contributed by atoms with Crippen molar-refractivity contribution in [2.24, 2.45) is 5.73 Å². The van der Waals surface area contributed by atoms with Crippen LogP contribution in [-0.4, -0.2) is 40.0 Å². The van der Waals surface area contributed by atoms with Crippen LogP contribution in [0.25, 0.3) is 0 Å². The first-order valence-electron chi connectivity index (χ1n) is 7.23. The van der Waals surface area contributed by atoms with Crippen LogP contribution in [0.4, 0.5) is 8.78 Å². The Labute approximate surface area is 167 Å².